The maximum Gasteiger partial charge on any atom is 0.312 e. The molecule has 0 aliphatic heterocycles. The number of primary amides is 1. The van der Waals surface area contributed by atoms with Crippen LogP contribution < -0.4 is 16.4 Å². The van der Waals surface area contributed by atoms with Gasteiger partial charge >= 0.3 is 12.0 Å². The number of carboxylic acid groups (broad SMARTS) is 1. The van der Waals surface area contributed by atoms with Crippen LogP contribution in [-0.2, 0) is 9.59 Å². The summed E-state index contributed by atoms with van der Waals surface area (Å²) in [6.07, 6.45) is 2.59. The number of carbonyl (C=O) groups is 3. The lowest BCUT2D eigenvalue weighted by Crippen LogP contribution is -2.41. The van der Waals surface area contributed by atoms with E-state index < -0.39 is 18.0 Å². The fraction of sp³-hybridized carbons (Fsp3) is 0.533. The number of nitrogens with one attached hydrogen (secondary N) is 2. The molecule has 1 unspecified atom stereocenters. The molecule has 1 aromatic rings. The number of urea groups is 1. The Bertz CT molecular complexity index is 553. The Morgan fingerprint density at radius 1 is 1.30 bits per heavy atom. The fourth-order valence-corrected chi connectivity index (χ4v) is 3.62. The van der Waals surface area contributed by atoms with Gasteiger partial charge in [0.05, 0.1) is 18.4 Å². The smallest absolute Gasteiger partial charge is 0.312 e. The van der Waals surface area contributed by atoms with Gasteiger partial charge in [0.2, 0.25) is 5.91 Å². The Labute approximate surface area is 138 Å². The van der Waals surface area contributed by atoms with Crippen molar-refractivity contribution >= 4 is 29.2 Å². The second kappa shape index (κ2) is 7.96. The normalized spacial score (nSPS) is 22.1. The maximum absolute atomic E-state index is 12.2. The molecule has 8 heteroatoms. The molecule has 0 bridgehead atoms. The van der Waals surface area contributed by atoms with Crippen LogP contribution in [-0.4, -0.2) is 29.1 Å². The molecule has 1 aromatic heterocycles. The van der Waals surface area contributed by atoms with E-state index in [0.717, 1.165) is 4.88 Å². The van der Waals surface area contributed by atoms with E-state index in [2.05, 4.69) is 10.6 Å². The average molecular weight is 339 g/mol. The topological polar surface area (TPSA) is 122 Å². The van der Waals surface area contributed by atoms with Crippen LogP contribution in [0, 0.1) is 5.92 Å². The minimum Gasteiger partial charge on any atom is -0.481 e. The zero-order valence-corrected chi connectivity index (χ0v) is 13.5. The second-order valence-corrected chi connectivity index (χ2v) is 6.71. The van der Waals surface area contributed by atoms with E-state index in [0.29, 0.717) is 25.7 Å². The van der Waals surface area contributed by atoms with Crippen LogP contribution in [0.3, 0.4) is 0 Å². The molecule has 1 aliphatic rings. The van der Waals surface area contributed by atoms with Gasteiger partial charge in [-0.1, -0.05) is 6.07 Å². The first-order valence-corrected chi connectivity index (χ1v) is 8.45. The molecule has 0 spiro atoms. The van der Waals surface area contributed by atoms with Gasteiger partial charge in [-0.2, -0.15) is 0 Å². The van der Waals surface area contributed by atoms with Crippen molar-refractivity contribution in [2.75, 3.05) is 0 Å². The summed E-state index contributed by atoms with van der Waals surface area (Å²) in [4.78, 5) is 35.1. The molecule has 1 atom stereocenters. The first-order valence-electron chi connectivity index (χ1n) is 7.57. The van der Waals surface area contributed by atoms with Gasteiger partial charge < -0.3 is 21.5 Å². The summed E-state index contributed by atoms with van der Waals surface area (Å²) in [5.74, 6) is -1.24. The largest absolute Gasteiger partial charge is 0.481 e. The third-order valence-corrected chi connectivity index (χ3v) is 5.02. The van der Waals surface area contributed by atoms with Crippen molar-refractivity contribution in [2.24, 2.45) is 11.7 Å². The minimum atomic E-state index is -0.766. The highest BCUT2D eigenvalue weighted by Crippen LogP contribution is 2.25. The molecule has 1 saturated carbocycles. The summed E-state index contributed by atoms with van der Waals surface area (Å²) in [6.45, 7) is 0. The van der Waals surface area contributed by atoms with E-state index in [-0.39, 0.29) is 24.3 Å². The van der Waals surface area contributed by atoms with Crippen molar-refractivity contribution in [1.82, 2.24) is 10.6 Å². The number of aliphatic carboxylic acids is 1. The number of rotatable bonds is 6. The highest BCUT2D eigenvalue weighted by atomic mass is 32.1. The van der Waals surface area contributed by atoms with Gasteiger partial charge in [0.15, 0.2) is 0 Å². The van der Waals surface area contributed by atoms with Crippen molar-refractivity contribution in [2.45, 2.75) is 44.2 Å². The lowest BCUT2D eigenvalue weighted by molar-refractivity contribution is -0.142. The van der Waals surface area contributed by atoms with Crippen LogP contribution >= 0.6 is 11.3 Å². The lowest BCUT2D eigenvalue weighted by Gasteiger charge is -2.27. The molecule has 1 fully saturated rings. The summed E-state index contributed by atoms with van der Waals surface area (Å²) < 4.78 is 0. The third kappa shape index (κ3) is 5.24. The van der Waals surface area contributed by atoms with Crippen LogP contribution in [0.1, 0.15) is 43.0 Å². The molecule has 7 nitrogen and oxygen atoms in total. The summed E-state index contributed by atoms with van der Waals surface area (Å²) in [6, 6.07) is 2.58. The lowest BCUT2D eigenvalue weighted by atomic mass is 9.86. The highest BCUT2D eigenvalue weighted by molar-refractivity contribution is 7.10. The molecule has 23 heavy (non-hydrogen) atoms. The van der Waals surface area contributed by atoms with Crippen molar-refractivity contribution in [3.63, 3.8) is 0 Å². The van der Waals surface area contributed by atoms with Crippen molar-refractivity contribution in [3.05, 3.63) is 22.4 Å². The number of hydrogen-bond acceptors (Lipinski definition) is 4. The second-order valence-electron chi connectivity index (χ2n) is 5.74. The van der Waals surface area contributed by atoms with Gasteiger partial charge in [-0.15, -0.1) is 11.3 Å². The summed E-state index contributed by atoms with van der Waals surface area (Å²) in [5, 5.41) is 16.4. The first-order chi connectivity index (χ1) is 11.0. The third-order valence-electron chi connectivity index (χ3n) is 4.03. The monoisotopic (exact) mass is 339 g/mol. The Balaban J connectivity index is 1.85. The van der Waals surface area contributed by atoms with Crippen LogP contribution in [0.25, 0.3) is 0 Å². The number of amides is 3. The van der Waals surface area contributed by atoms with Crippen molar-refractivity contribution in [3.8, 4) is 0 Å². The van der Waals surface area contributed by atoms with E-state index in [1.165, 1.54) is 11.3 Å². The number of hydrogen-bond donors (Lipinski definition) is 4. The highest BCUT2D eigenvalue weighted by Gasteiger charge is 2.27. The van der Waals surface area contributed by atoms with E-state index >= 15 is 0 Å². The summed E-state index contributed by atoms with van der Waals surface area (Å²) in [5.41, 5.74) is 5.17. The molecular formula is C15H21N3O4S. The fourth-order valence-electron chi connectivity index (χ4n) is 2.84. The predicted octanol–water partition coefficient (Wildman–Crippen LogP) is 1.61. The Morgan fingerprint density at radius 2 is 2.00 bits per heavy atom. The van der Waals surface area contributed by atoms with Crippen molar-refractivity contribution in [1.29, 1.82) is 0 Å². The quantitative estimate of drug-likeness (QED) is 0.629. The van der Waals surface area contributed by atoms with Crippen LogP contribution in [0.2, 0.25) is 0 Å². The summed E-state index contributed by atoms with van der Waals surface area (Å²) in [7, 11) is 0. The zero-order chi connectivity index (χ0) is 16.8. The Hall–Kier alpha value is -2.09. The van der Waals surface area contributed by atoms with E-state index in [9.17, 15) is 14.4 Å². The van der Waals surface area contributed by atoms with Crippen LogP contribution in [0.15, 0.2) is 17.5 Å². The van der Waals surface area contributed by atoms with Gasteiger partial charge in [-0.05, 0) is 37.1 Å². The molecule has 5 N–H and O–H groups in total. The molecule has 126 valence electrons. The van der Waals surface area contributed by atoms with Gasteiger partial charge in [0, 0.05) is 10.9 Å². The number of nitrogens with two attached hydrogens (primary N) is 1. The number of thiophene rings is 1. The zero-order valence-electron chi connectivity index (χ0n) is 12.7. The molecular weight excluding hydrogens is 318 g/mol. The molecule has 1 heterocycles. The van der Waals surface area contributed by atoms with Gasteiger partial charge in [0.1, 0.15) is 0 Å². The molecule has 3 amide bonds. The average Bonchev–Trinajstić information content (AvgIpc) is 3.00. The standard InChI is InChI=1S/C15H21N3O4S/c16-15(22)18-11(12-2-1-7-23-12)8-13(19)17-10-5-3-9(4-6-10)14(20)21/h1-2,7,9-11H,3-6,8H2,(H,17,19)(H,20,21)(H3,16,18,22). The Kier molecular flexibility index (Phi) is 5.97. The number of carbonyl (C=O) groups excluding carboxylic acids is 2. The number of carboxylic acids is 1. The van der Waals surface area contributed by atoms with Crippen LogP contribution in [0.4, 0.5) is 4.79 Å². The van der Waals surface area contributed by atoms with E-state index in [4.69, 9.17) is 10.8 Å². The van der Waals surface area contributed by atoms with Crippen LogP contribution in [0.5, 0.6) is 0 Å². The SMILES string of the molecule is NC(=O)NC(CC(=O)NC1CCC(C(=O)O)CC1)c1cccs1. The van der Waals surface area contributed by atoms with E-state index in [1.54, 1.807) is 0 Å². The minimum absolute atomic E-state index is 0.00402. The van der Waals surface area contributed by atoms with Gasteiger partial charge in [0.25, 0.3) is 0 Å². The van der Waals surface area contributed by atoms with Gasteiger partial charge in [-0.3, -0.25) is 9.59 Å². The molecule has 0 saturated heterocycles. The first kappa shape index (κ1) is 17.3. The molecule has 0 radical (unpaired) electrons. The van der Waals surface area contributed by atoms with Crippen molar-refractivity contribution < 1.29 is 19.5 Å². The predicted molar refractivity (Wildman–Crippen MR) is 85.9 cm³/mol. The van der Waals surface area contributed by atoms with Gasteiger partial charge in [-0.25, -0.2) is 4.79 Å². The Morgan fingerprint density at radius 3 is 2.52 bits per heavy atom. The maximum atomic E-state index is 12.2. The molecule has 2 rings (SSSR count). The molecule has 0 aromatic carbocycles. The molecule has 1 aliphatic carbocycles. The summed E-state index contributed by atoms with van der Waals surface area (Å²) >= 11 is 1.45. The van der Waals surface area contributed by atoms with E-state index in [1.807, 2.05) is 17.5 Å².